The van der Waals surface area contributed by atoms with Gasteiger partial charge in [0.15, 0.2) is 5.13 Å². The number of carbonyl (C=O) groups excluding carboxylic acids is 1. The van der Waals surface area contributed by atoms with Crippen LogP contribution in [-0.2, 0) is 0 Å². The van der Waals surface area contributed by atoms with Crippen molar-refractivity contribution in [2.24, 2.45) is 0 Å². The zero-order valence-corrected chi connectivity index (χ0v) is 16.5. The Morgan fingerprint density at radius 2 is 2.15 bits per heavy atom. The molecule has 0 saturated carbocycles. The van der Waals surface area contributed by atoms with Gasteiger partial charge in [0.05, 0.1) is 16.2 Å². The van der Waals surface area contributed by atoms with Crippen molar-refractivity contribution < 1.29 is 14.7 Å². The number of carboxylic acid groups (broad SMARTS) is 1. The van der Waals surface area contributed by atoms with E-state index in [9.17, 15) is 9.59 Å². The van der Waals surface area contributed by atoms with Crippen molar-refractivity contribution in [3.8, 4) is 0 Å². The molecular formula is C16H18Cl2N4O3S. The number of aryl methyl sites for hydroxylation is 1. The van der Waals surface area contributed by atoms with Crippen LogP contribution in [0.25, 0.3) is 0 Å². The molecule has 0 bridgehead atoms. The number of carboxylic acids is 1. The van der Waals surface area contributed by atoms with E-state index in [1.165, 1.54) is 6.20 Å². The number of amides is 1. The fourth-order valence-electron chi connectivity index (χ4n) is 3.07. The average molecular weight is 417 g/mol. The Bertz CT molecular complexity index is 851. The summed E-state index contributed by atoms with van der Waals surface area (Å²) >= 11 is 13.3. The quantitative estimate of drug-likeness (QED) is 0.707. The molecule has 0 spiro atoms. The summed E-state index contributed by atoms with van der Waals surface area (Å²) in [6.07, 6.45) is 2.82. The largest absolute Gasteiger partial charge is 0.477 e. The van der Waals surface area contributed by atoms with Crippen LogP contribution in [0.2, 0.25) is 10.0 Å². The zero-order valence-electron chi connectivity index (χ0n) is 14.2. The minimum absolute atomic E-state index is 0.00824. The van der Waals surface area contributed by atoms with Crippen molar-refractivity contribution in [3.05, 3.63) is 32.5 Å². The Balaban J connectivity index is 1.63. The number of H-pyrrole nitrogens is 1. The standard InChI is InChI=1S/C16H18Cl2N4O3S/c1-7-5-9(21-14(23)13-12(18)11(17)8(2)20-13)3-4-22(7)16-19-6-10(26-16)15(24)25/h6-7,9,20H,3-5H2,1-2H3,(H,21,23)(H,24,25)/t7-,9-/m1/s1. The molecule has 0 aromatic carbocycles. The first-order valence-corrected chi connectivity index (χ1v) is 9.65. The lowest BCUT2D eigenvalue weighted by Crippen LogP contribution is -2.49. The molecule has 3 rings (SSSR count). The van der Waals surface area contributed by atoms with Crippen LogP contribution >= 0.6 is 34.5 Å². The lowest BCUT2D eigenvalue weighted by molar-refractivity contribution is 0.0701. The number of halogens is 2. The van der Waals surface area contributed by atoms with E-state index in [4.69, 9.17) is 28.3 Å². The first kappa shape index (κ1) is 19.0. The SMILES string of the molecule is Cc1[nH]c(C(=O)N[C@@H]2CCN(c3ncc(C(=O)O)s3)[C@H](C)C2)c(Cl)c1Cl. The Morgan fingerprint density at radius 3 is 2.69 bits per heavy atom. The first-order chi connectivity index (χ1) is 12.3. The van der Waals surface area contributed by atoms with Crippen LogP contribution < -0.4 is 10.2 Å². The summed E-state index contributed by atoms with van der Waals surface area (Å²) in [6.45, 7) is 4.46. The normalized spacial score (nSPS) is 20.2. The zero-order chi connectivity index (χ0) is 19.0. The van der Waals surface area contributed by atoms with Crippen LogP contribution in [0.3, 0.4) is 0 Å². The number of aromatic nitrogens is 2. The number of carbonyl (C=O) groups is 2. The molecule has 2 aromatic heterocycles. The second-order valence-corrected chi connectivity index (χ2v) is 8.07. The van der Waals surface area contributed by atoms with Gasteiger partial charge in [0.2, 0.25) is 0 Å². The topological polar surface area (TPSA) is 98.3 Å². The molecule has 0 unspecified atom stereocenters. The molecule has 26 heavy (non-hydrogen) atoms. The highest BCUT2D eigenvalue weighted by Gasteiger charge is 2.30. The van der Waals surface area contributed by atoms with Gasteiger partial charge in [-0.05, 0) is 26.7 Å². The fraction of sp³-hybridized carbons (Fsp3) is 0.438. The van der Waals surface area contributed by atoms with Gasteiger partial charge in [0.25, 0.3) is 5.91 Å². The van der Waals surface area contributed by atoms with E-state index >= 15 is 0 Å². The summed E-state index contributed by atoms with van der Waals surface area (Å²) in [7, 11) is 0. The van der Waals surface area contributed by atoms with Crippen LogP contribution in [-0.4, -0.2) is 45.6 Å². The van der Waals surface area contributed by atoms with E-state index in [2.05, 4.69) is 20.2 Å². The number of anilines is 1. The lowest BCUT2D eigenvalue weighted by Gasteiger charge is -2.37. The minimum Gasteiger partial charge on any atom is -0.477 e. The first-order valence-electron chi connectivity index (χ1n) is 8.08. The van der Waals surface area contributed by atoms with Gasteiger partial charge in [-0.2, -0.15) is 0 Å². The van der Waals surface area contributed by atoms with E-state index in [-0.39, 0.29) is 33.6 Å². The van der Waals surface area contributed by atoms with Crippen molar-refractivity contribution in [1.29, 1.82) is 0 Å². The van der Waals surface area contributed by atoms with Crippen LogP contribution in [0.15, 0.2) is 6.20 Å². The van der Waals surface area contributed by atoms with Crippen molar-refractivity contribution in [1.82, 2.24) is 15.3 Å². The third-order valence-electron chi connectivity index (χ3n) is 4.44. The van der Waals surface area contributed by atoms with E-state index in [0.29, 0.717) is 22.4 Å². The second kappa shape index (κ2) is 7.46. The molecule has 0 aliphatic carbocycles. The summed E-state index contributed by atoms with van der Waals surface area (Å²) in [5.74, 6) is -1.25. The predicted octanol–water partition coefficient (Wildman–Crippen LogP) is 3.57. The third-order valence-corrected chi connectivity index (χ3v) is 6.41. The molecule has 3 N–H and O–H groups in total. The Kier molecular flexibility index (Phi) is 5.45. The van der Waals surface area contributed by atoms with Crippen molar-refractivity contribution in [3.63, 3.8) is 0 Å². The van der Waals surface area contributed by atoms with E-state index in [1.54, 1.807) is 6.92 Å². The monoisotopic (exact) mass is 416 g/mol. The van der Waals surface area contributed by atoms with Gasteiger partial charge in [-0.3, -0.25) is 4.79 Å². The Labute approximate surface area is 164 Å². The fourth-order valence-corrected chi connectivity index (χ4v) is 4.37. The highest BCUT2D eigenvalue weighted by molar-refractivity contribution is 7.17. The maximum atomic E-state index is 12.5. The third kappa shape index (κ3) is 3.67. The van der Waals surface area contributed by atoms with Crippen LogP contribution in [0.5, 0.6) is 0 Å². The summed E-state index contributed by atoms with van der Waals surface area (Å²) in [5.41, 5.74) is 0.929. The van der Waals surface area contributed by atoms with Crippen molar-refractivity contribution >= 4 is 51.5 Å². The highest BCUT2D eigenvalue weighted by Crippen LogP contribution is 2.31. The summed E-state index contributed by atoms with van der Waals surface area (Å²) in [4.78, 5) is 32.9. The van der Waals surface area contributed by atoms with Gasteiger partial charge in [-0.25, -0.2) is 9.78 Å². The summed E-state index contributed by atoms with van der Waals surface area (Å²) in [5, 5.41) is 13.3. The molecule has 1 fully saturated rings. The van der Waals surface area contributed by atoms with Crippen LogP contribution in [0.1, 0.15) is 45.6 Å². The van der Waals surface area contributed by atoms with Gasteiger partial charge in [0, 0.05) is 24.3 Å². The van der Waals surface area contributed by atoms with Crippen LogP contribution in [0.4, 0.5) is 5.13 Å². The average Bonchev–Trinajstić information content (AvgIpc) is 3.16. The maximum Gasteiger partial charge on any atom is 0.347 e. The molecule has 1 amide bonds. The van der Waals surface area contributed by atoms with Gasteiger partial charge >= 0.3 is 5.97 Å². The van der Waals surface area contributed by atoms with Crippen molar-refractivity contribution in [2.75, 3.05) is 11.4 Å². The molecule has 3 heterocycles. The van der Waals surface area contributed by atoms with E-state index in [0.717, 1.165) is 24.2 Å². The van der Waals surface area contributed by atoms with Gasteiger partial charge < -0.3 is 20.3 Å². The minimum atomic E-state index is -0.972. The number of rotatable bonds is 4. The number of aromatic carboxylic acids is 1. The number of piperidine rings is 1. The predicted molar refractivity (Wildman–Crippen MR) is 102 cm³/mol. The molecule has 1 saturated heterocycles. The smallest absolute Gasteiger partial charge is 0.347 e. The molecular weight excluding hydrogens is 399 g/mol. The Hall–Kier alpha value is -1.77. The van der Waals surface area contributed by atoms with Gasteiger partial charge in [0.1, 0.15) is 10.6 Å². The number of nitrogens with zero attached hydrogens (tertiary/aromatic N) is 2. The van der Waals surface area contributed by atoms with E-state index in [1.807, 2.05) is 6.92 Å². The summed E-state index contributed by atoms with van der Waals surface area (Å²) < 4.78 is 0. The Morgan fingerprint density at radius 1 is 1.42 bits per heavy atom. The summed E-state index contributed by atoms with van der Waals surface area (Å²) in [6, 6.07) is 0.109. The number of thiazole rings is 1. The molecule has 0 radical (unpaired) electrons. The molecule has 2 atom stereocenters. The molecule has 1 aliphatic heterocycles. The molecule has 2 aromatic rings. The molecule has 7 nitrogen and oxygen atoms in total. The number of nitrogens with one attached hydrogen (secondary N) is 2. The molecule has 140 valence electrons. The number of aromatic amines is 1. The second-order valence-electron chi connectivity index (χ2n) is 6.30. The number of hydrogen-bond donors (Lipinski definition) is 3. The van der Waals surface area contributed by atoms with Gasteiger partial charge in [-0.1, -0.05) is 34.5 Å². The molecule has 10 heteroatoms. The maximum absolute atomic E-state index is 12.5. The van der Waals surface area contributed by atoms with Crippen LogP contribution in [0, 0.1) is 6.92 Å². The van der Waals surface area contributed by atoms with E-state index < -0.39 is 5.97 Å². The molecule has 1 aliphatic rings. The van der Waals surface area contributed by atoms with Gasteiger partial charge in [-0.15, -0.1) is 0 Å². The number of hydrogen-bond acceptors (Lipinski definition) is 5. The van der Waals surface area contributed by atoms with Crippen molar-refractivity contribution in [2.45, 2.75) is 38.8 Å². The highest BCUT2D eigenvalue weighted by atomic mass is 35.5. The lowest BCUT2D eigenvalue weighted by atomic mass is 9.98.